The Morgan fingerprint density at radius 2 is 1.81 bits per heavy atom. The Bertz CT molecular complexity index is 1010. The molecule has 0 spiro atoms. The Hall–Kier alpha value is -4.04. The van der Waals surface area contributed by atoms with Crippen molar-refractivity contribution in [2.45, 2.75) is 6.54 Å². The van der Waals surface area contributed by atoms with E-state index in [0.29, 0.717) is 25.4 Å². The van der Waals surface area contributed by atoms with Gasteiger partial charge in [0.15, 0.2) is 0 Å². The first kappa shape index (κ1) is 22.6. The average Bonchev–Trinajstić information content (AvgIpc) is 2.83. The lowest BCUT2D eigenvalue weighted by Crippen LogP contribution is -2.38. The third kappa shape index (κ3) is 7.33. The highest BCUT2D eigenvalue weighted by Crippen LogP contribution is 2.29. The van der Waals surface area contributed by atoms with Crippen molar-refractivity contribution in [2.24, 2.45) is 11.6 Å². The van der Waals surface area contributed by atoms with Crippen molar-refractivity contribution in [3.05, 3.63) is 96.6 Å². The van der Waals surface area contributed by atoms with Gasteiger partial charge in [0.05, 0.1) is 13.1 Å². The lowest BCUT2D eigenvalue weighted by Gasteiger charge is -2.17. The molecule has 0 saturated heterocycles. The zero-order valence-electron chi connectivity index (χ0n) is 17.8. The largest absolute Gasteiger partial charge is 0.491 e. The van der Waals surface area contributed by atoms with Crippen molar-refractivity contribution in [3.8, 4) is 16.9 Å². The molecule has 0 bridgehead atoms. The van der Waals surface area contributed by atoms with Crippen molar-refractivity contribution in [3.63, 3.8) is 0 Å². The van der Waals surface area contributed by atoms with Crippen molar-refractivity contribution < 1.29 is 9.53 Å². The van der Waals surface area contributed by atoms with E-state index in [-0.39, 0.29) is 12.6 Å². The summed E-state index contributed by atoms with van der Waals surface area (Å²) >= 11 is 0. The van der Waals surface area contributed by atoms with Crippen molar-refractivity contribution >= 4 is 6.03 Å². The fourth-order valence-electron chi connectivity index (χ4n) is 2.96. The molecule has 1 heterocycles. The van der Waals surface area contributed by atoms with Crippen molar-refractivity contribution in [2.75, 3.05) is 19.7 Å². The van der Waals surface area contributed by atoms with Gasteiger partial charge in [-0.25, -0.2) is 10.6 Å². The fraction of sp³-hybridized carbons (Fsp3) is 0.167. The molecule has 0 fully saturated rings. The van der Waals surface area contributed by atoms with Gasteiger partial charge in [0.25, 0.3) is 0 Å². The van der Waals surface area contributed by atoms with E-state index < -0.39 is 0 Å². The summed E-state index contributed by atoms with van der Waals surface area (Å²) in [5.74, 6) is 6.78. The molecule has 0 aliphatic heterocycles. The maximum atomic E-state index is 11.9. The summed E-state index contributed by atoms with van der Waals surface area (Å²) in [5.41, 5.74) is 9.40. The van der Waals surface area contributed by atoms with Gasteiger partial charge >= 0.3 is 6.03 Å². The van der Waals surface area contributed by atoms with Crippen LogP contribution in [0.25, 0.3) is 11.1 Å². The van der Waals surface area contributed by atoms with Gasteiger partial charge in [-0.3, -0.25) is 4.98 Å². The van der Waals surface area contributed by atoms with Crippen LogP contribution in [0.4, 0.5) is 4.79 Å². The molecule has 0 atom stereocenters. The van der Waals surface area contributed by atoms with Gasteiger partial charge in [0.1, 0.15) is 12.4 Å². The second-order valence-corrected chi connectivity index (χ2v) is 7.05. The number of carbonyl (C=O) groups is 1. The lowest BCUT2D eigenvalue weighted by atomic mass is 10.1. The molecule has 32 heavy (non-hydrogen) atoms. The molecular weight excluding hydrogens is 404 g/mol. The molecule has 1 aromatic heterocycles. The minimum atomic E-state index is -0.324. The average molecular weight is 433 g/mol. The SMILES string of the molecule is N/C(=C\N(N)CCOc1ccccc1-c1ccccc1)CNC(=O)NCc1cccnc1. The fourth-order valence-corrected chi connectivity index (χ4v) is 2.96. The highest BCUT2D eigenvalue weighted by Gasteiger charge is 2.06. The number of benzene rings is 2. The smallest absolute Gasteiger partial charge is 0.315 e. The molecule has 2 amide bonds. The Kier molecular flexibility index (Phi) is 8.47. The van der Waals surface area contributed by atoms with E-state index in [1.807, 2.05) is 66.7 Å². The third-order valence-corrected chi connectivity index (χ3v) is 4.54. The van der Waals surface area contributed by atoms with Crippen molar-refractivity contribution in [1.29, 1.82) is 0 Å². The predicted molar refractivity (Wildman–Crippen MR) is 125 cm³/mol. The van der Waals surface area contributed by atoms with E-state index in [4.69, 9.17) is 16.3 Å². The van der Waals surface area contributed by atoms with E-state index in [1.165, 1.54) is 5.01 Å². The number of nitrogens with zero attached hydrogens (tertiary/aromatic N) is 2. The number of hydrogen-bond donors (Lipinski definition) is 4. The van der Waals surface area contributed by atoms with E-state index in [0.717, 1.165) is 22.4 Å². The van der Waals surface area contributed by atoms with Gasteiger partial charge in [0, 0.05) is 36.4 Å². The minimum Gasteiger partial charge on any atom is -0.491 e. The van der Waals surface area contributed by atoms with Crippen LogP contribution in [0, 0.1) is 0 Å². The van der Waals surface area contributed by atoms with E-state index in [9.17, 15) is 4.79 Å². The summed E-state index contributed by atoms with van der Waals surface area (Å²) in [7, 11) is 0. The normalized spacial score (nSPS) is 11.0. The molecule has 6 N–H and O–H groups in total. The second-order valence-electron chi connectivity index (χ2n) is 7.05. The molecule has 0 aliphatic carbocycles. The van der Waals surface area contributed by atoms with Crippen LogP contribution in [0.1, 0.15) is 5.56 Å². The monoisotopic (exact) mass is 432 g/mol. The first-order valence-corrected chi connectivity index (χ1v) is 10.3. The van der Waals surface area contributed by atoms with E-state index in [2.05, 4.69) is 15.6 Å². The molecule has 3 aromatic rings. The number of amides is 2. The van der Waals surface area contributed by atoms with Gasteiger partial charge in [-0.05, 0) is 23.3 Å². The van der Waals surface area contributed by atoms with Crippen LogP contribution in [0.15, 0.2) is 91.0 Å². The third-order valence-electron chi connectivity index (χ3n) is 4.54. The van der Waals surface area contributed by atoms with E-state index >= 15 is 0 Å². The number of carbonyl (C=O) groups excluding carboxylic acids is 1. The minimum absolute atomic E-state index is 0.171. The molecule has 166 valence electrons. The van der Waals surface area contributed by atoms with Crippen LogP contribution in [-0.4, -0.2) is 35.7 Å². The molecule has 0 radical (unpaired) electrons. The number of para-hydroxylation sites is 1. The summed E-state index contributed by atoms with van der Waals surface area (Å²) in [4.78, 5) is 15.9. The van der Waals surface area contributed by atoms with Crippen LogP contribution in [0.3, 0.4) is 0 Å². The molecule has 3 rings (SSSR count). The highest BCUT2D eigenvalue weighted by molar-refractivity contribution is 5.74. The number of urea groups is 1. The Labute approximate surface area is 187 Å². The maximum absolute atomic E-state index is 11.9. The molecule has 0 saturated carbocycles. The number of hydrogen-bond acceptors (Lipinski definition) is 6. The summed E-state index contributed by atoms with van der Waals surface area (Å²) in [6.45, 7) is 1.36. The summed E-state index contributed by atoms with van der Waals surface area (Å²) in [6.07, 6.45) is 4.95. The van der Waals surface area contributed by atoms with Gasteiger partial charge in [-0.15, -0.1) is 0 Å². The van der Waals surface area contributed by atoms with E-state index in [1.54, 1.807) is 18.6 Å². The van der Waals surface area contributed by atoms with Gasteiger partial charge in [-0.1, -0.05) is 54.6 Å². The van der Waals surface area contributed by atoms with Crippen LogP contribution >= 0.6 is 0 Å². The number of aromatic nitrogens is 1. The number of rotatable bonds is 10. The lowest BCUT2D eigenvalue weighted by molar-refractivity contribution is 0.241. The summed E-state index contributed by atoms with van der Waals surface area (Å²) in [6, 6.07) is 21.3. The number of nitrogens with two attached hydrogens (primary N) is 2. The second kappa shape index (κ2) is 12.0. The Morgan fingerprint density at radius 3 is 2.59 bits per heavy atom. The molecule has 8 nitrogen and oxygen atoms in total. The first-order valence-electron chi connectivity index (χ1n) is 10.3. The highest BCUT2D eigenvalue weighted by atomic mass is 16.5. The van der Waals surface area contributed by atoms with Crippen LogP contribution in [-0.2, 0) is 6.54 Å². The van der Waals surface area contributed by atoms with Gasteiger partial charge in [0.2, 0.25) is 0 Å². The zero-order chi connectivity index (χ0) is 22.6. The van der Waals surface area contributed by atoms with Crippen LogP contribution in [0.2, 0.25) is 0 Å². The summed E-state index contributed by atoms with van der Waals surface area (Å²) in [5, 5.41) is 6.87. The zero-order valence-corrected chi connectivity index (χ0v) is 17.8. The number of nitrogens with one attached hydrogen (secondary N) is 2. The van der Waals surface area contributed by atoms with Crippen LogP contribution < -0.4 is 26.9 Å². The Morgan fingerprint density at radius 1 is 1.03 bits per heavy atom. The Balaban J connectivity index is 1.40. The molecule has 8 heteroatoms. The maximum Gasteiger partial charge on any atom is 0.315 e. The standard InChI is InChI=1S/C24H28N6O2/c25-21(17-29-24(31)28-16-19-7-6-12-27-15-19)18-30(26)13-14-32-23-11-5-4-10-22(23)20-8-2-1-3-9-20/h1-12,15,18H,13-14,16-17,25-26H2,(H2,28,29,31)/b21-18-. The first-order chi connectivity index (χ1) is 15.6. The quantitative estimate of drug-likeness (QED) is 0.289. The summed E-state index contributed by atoms with van der Waals surface area (Å²) < 4.78 is 5.94. The van der Waals surface area contributed by atoms with Crippen molar-refractivity contribution in [1.82, 2.24) is 20.6 Å². The number of pyridine rings is 1. The topological polar surface area (TPSA) is 119 Å². The van der Waals surface area contributed by atoms with Gasteiger partial charge < -0.3 is 26.1 Å². The van der Waals surface area contributed by atoms with Crippen LogP contribution in [0.5, 0.6) is 5.75 Å². The number of ether oxygens (including phenoxy) is 1. The molecule has 0 unspecified atom stereocenters. The van der Waals surface area contributed by atoms with Gasteiger partial charge in [-0.2, -0.15) is 0 Å². The molecule has 2 aromatic carbocycles. The molecule has 0 aliphatic rings. The number of hydrazine groups is 1. The molecular formula is C24H28N6O2. The predicted octanol–water partition coefficient (Wildman–Crippen LogP) is 2.60.